The van der Waals surface area contributed by atoms with E-state index in [4.69, 9.17) is 11.2 Å². The molecule has 0 saturated carbocycles. The summed E-state index contributed by atoms with van der Waals surface area (Å²) in [5.41, 5.74) is 2.57. The molecule has 0 fully saturated rings. The van der Waals surface area contributed by atoms with Crippen LogP contribution in [0, 0.1) is 19.5 Å². The van der Waals surface area contributed by atoms with Gasteiger partial charge in [0.1, 0.15) is 18.2 Å². The molecule has 0 unspecified atom stereocenters. The molecule has 4 nitrogen and oxygen atoms in total. The number of nitrogens with zero attached hydrogens (tertiary/aromatic N) is 2. The standard InChI is InChI=1S/C16H10F3I2N3O/c1-2-5-25-15-12(20)6-10(7-13(15)21)8-23-24-14-4-3-11(9-22-14)16(17,18)19/h1,3-4,6-9H,5H2,(H,22,24)/b23-8-. The van der Waals surface area contributed by atoms with Gasteiger partial charge >= 0.3 is 6.18 Å². The van der Waals surface area contributed by atoms with Gasteiger partial charge in [0.25, 0.3) is 0 Å². The van der Waals surface area contributed by atoms with Gasteiger partial charge in [-0.05, 0) is 75.0 Å². The Kier molecular flexibility index (Phi) is 6.88. The number of rotatable bonds is 5. The largest absolute Gasteiger partial charge is 0.479 e. The molecular formula is C16H10F3I2N3O. The van der Waals surface area contributed by atoms with Gasteiger partial charge in [-0.1, -0.05) is 5.92 Å². The fraction of sp³-hybridized carbons (Fsp3) is 0.125. The first kappa shape index (κ1) is 19.8. The summed E-state index contributed by atoms with van der Waals surface area (Å²) < 4.78 is 44.6. The Hall–Kier alpha value is -1.55. The predicted octanol–water partition coefficient (Wildman–Crippen LogP) is 4.77. The van der Waals surface area contributed by atoms with Crippen molar-refractivity contribution in [3.05, 3.63) is 48.7 Å². The normalized spacial score (nSPS) is 11.4. The summed E-state index contributed by atoms with van der Waals surface area (Å²) in [5.74, 6) is 3.32. The Balaban J connectivity index is 2.06. The van der Waals surface area contributed by atoms with E-state index in [1.807, 2.05) is 12.1 Å². The Labute approximate surface area is 169 Å². The van der Waals surface area contributed by atoms with Crippen LogP contribution < -0.4 is 10.2 Å². The van der Waals surface area contributed by atoms with Crippen molar-refractivity contribution in [2.24, 2.45) is 5.10 Å². The van der Waals surface area contributed by atoms with E-state index < -0.39 is 11.7 Å². The van der Waals surface area contributed by atoms with E-state index in [2.05, 4.69) is 66.6 Å². The third kappa shape index (κ3) is 5.74. The molecule has 0 atom stereocenters. The number of benzene rings is 1. The average Bonchev–Trinajstić information content (AvgIpc) is 2.54. The van der Waals surface area contributed by atoms with Crippen molar-refractivity contribution >= 4 is 57.2 Å². The van der Waals surface area contributed by atoms with Crippen molar-refractivity contribution in [2.45, 2.75) is 6.18 Å². The molecule has 1 heterocycles. The van der Waals surface area contributed by atoms with Crippen molar-refractivity contribution in [3.63, 3.8) is 0 Å². The van der Waals surface area contributed by atoms with E-state index in [-0.39, 0.29) is 12.4 Å². The number of hydrazone groups is 1. The number of alkyl halides is 3. The minimum Gasteiger partial charge on any atom is -0.479 e. The van der Waals surface area contributed by atoms with Gasteiger partial charge in [0.2, 0.25) is 0 Å². The maximum Gasteiger partial charge on any atom is 0.417 e. The highest BCUT2D eigenvalue weighted by molar-refractivity contribution is 14.1. The number of aromatic nitrogens is 1. The highest BCUT2D eigenvalue weighted by Gasteiger charge is 2.30. The van der Waals surface area contributed by atoms with Gasteiger partial charge in [-0.2, -0.15) is 18.3 Å². The molecule has 2 rings (SSSR count). The number of hydrogen-bond acceptors (Lipinski definition) is 4. The maximum absolute atomic E-state index is 12.5. The number of anilines is 1. The van der Waals surface area contributed by atoms with Gasteiger partial charge in [0.15, 0.2) is 0 Å². The predicted molar refractivity (Wildman–Crippen MR) is 107 cm³/mol. The van der Waals surface area contributed by atoms with E-state index >= 15 is 0 Å². The van der Waals surface area contributed by atoms with Gasteiger partial charge < -0.3 is 4.74 Å². The lowest BCUT2D eigenvalue weighted by Crippen LogP contribution is -2.05. The van der Waals surface area contributed by atoms with Crippen molar-refractivity contribution < 1.29 is 17.9 Å². The SMILES string of the molecule is C#CCOc1c(I)cc(/C=N\Nc2ccc(C(F)(F)F)cn2)cc1I. The Morgan fingerprint density at radius 2 is 1.96 bits per heavy atom. The summed E-state index contributed by atoms with van der Waals surface area (Å²) in [6, 6.07) is 5.85. The second-order valence-electron chi connectivity index (χ2n) is 4.61. The lowest BCUT2D eigenvalue weighted by molar-refractivity contribution is -0.137. The van der Waals surface area contributed by atoms with Crippen molar-refractivity contribution in [2.75, 3.05) is 12.0 Å². The first-order valence-corrected chi connectivity index (χ1v) is 8.84. The fourth-order valence-corrected chi connectivity index (χ4v) is 3.83. The molecule has 0 bridgehead atoms. The molecule has 0 aliphatic carbocycles. The van der Waals surface area contributed by atoms with E-state index in [1.54, 1.807) is 0 Å². The zero-order valence-electron chi connectivity index (χ0n) is 12.4. The minimum absolute atomic E-state index is 0.181. The van der Waals surface area contributed by atoms with Crippen LogP contribution in [-0.2, 0) is 6.18 Å². The first-order chi connectivity index (χ1) is 11.8. The third-order valence-corrected chi connectivity index (χ3v) is 4.41. The lowest BCUT2D eigenvalue weighted by Gasteiger charge is -2.09. The summed E-state index contributed by atoms with van der Waals surface area (Å²) >= 11 is 4.25. The van der Waals surface area contributed by atoms with Crippen LogP contribution in [0.5, 0.6) is 5.75 Å². The van der Waals surface area contributed by atoms with Gasteiger partial charge in [-0.3, -0.25) is 5.43 Å². The number of nitrogens with one attached hydrogen (secondary N) is 1. The maximum atomic E-state index is 12.5. The van der Waals surface area contributed by atoms with Crippen LogP contribution in [0.4, 0.5) is 19.0 Å². The quantitative estimate of drug-likeness (QED) is 0.244. The smallest absolute Gasteiger partial charge is 0.417 e. The highest BCUT2D eigenvalue weighted by atomic mass is 127. The summed E-state index contributed by atoms with van der Waals surface area (Å²) in [7, 11) is 0. The van der Waals surface area contributed by atoms with Crippen LogP contribution in [0.1, 0.15) is 11.1 Å². The molecule has 1 aromatic carbocycles. The van der Waals surface area contributed by atoms with E-state index in [0.717, 1.165) is 25.0 Å². The molecule has 130 valence electrons. The van der Waals surface area contributed by atoms with Crippen molar-refractivity contribution in [1.29, 1.82) is 0 Å². The zero-order valence-corrected chi connectivity index (χ0v) is 16.8. The fourth-order valence-electron chi connectivity index (χ4n) is 1.71. The van der Waals surface area contributed by atoms with E-state index in [1.165, 1.54) is 12.3 Å². The monoisotopic (exact) mass is 571 g/mol. The molecular weight excluding hydrogens is 561 g/mol. The Morgan fingerprint density at radius 3 is 2.48 bits per heavy atom. The molecule has 0 aliphatic rings. The lowest BCUT2D eigenvalue weighted by atomic mass is 10.2. The Bertz CT molecular complexity index is 792. The number of ether oxygens (including phenoxy) is 1. The summed E-state index contributed by atoms with van der Waals surface area (Å²) in [6.45, 7) is 0.181. The van der Waals surface area contributed by atoms with Crippen LogP contribution >= 0.6 is 45.2 Å². The van der Waals surface area contributed by atoms with Crippen molar-refractivity contribution in [1.82, 2.24) is 4.98 Å². The molecule has 25 heavy (non-hydrogen) atoms. The molecule has 0 saturated heterocycles. The average molecular weight is 571 g/mol. The van der Waals surface area contributed by atoms with Crippen LogP contribution in [0.15, 0.2) is 35.6 Å². The molecule has 0 radical (unpaired) electrons. The van der Waals surface area contributed by atoms with Gasteiger partial charge in [0.05, 0.1) is 18.9 Å². The summed E-state index contributed by atoms with van der Waals surface area (Å²) in [5, 5.41) is 3.98. The third-order valence-electron chi connectivity index (χ3n) is 2.80. The number of pyridine rings is 1. The topological polar surface area (TPSA) is 46.5 Å². The van der Waals surface area contributed by atoms with Gasteiger partial charge in [-0.25, -0.2) is 4.98 Å². The molecule has 0 spiro atoms. The zero-order chi connectivity index (χ0) is 18.4. The van der Waals surface area contributed by atoms with E-state index in [0.29, 0.717) is 5.75 Å². The molecule has 0 aliphatic heterocycles. The second-order valence-corrected chi connectivity index (χ2v) is 6.93. The molecule has 0 amide bonds. The van der Waals surface area contributed by atoms with E-state index in [9.17, 15) is 13.2 Å². The number of hydrogen-bond donors (Lipinski definition) is 1. The van der Waals surface area contributed by atoms with Crippen LogP contribution in [0.3, 0.4) is 0 Å². The van der Waals surface area contributed by atoms with Crippen LogP contribution in [0.25, 0.3) is 0 Å². The molecule has 2 aromatic rings. The van der Waals surface area contributed by atoms with Crippen LogP contribution in [0.2, 0.25) is 0 Å². The Morgan fingerprint density at radius 1 is 1.28 bits per heavy atom. The van der Waals surface area contributed by atoms with Crippen LogP contribution in [-0.4, -0.2) is 17.8 Å². The van der Waals surface area contributed by atoms with Crippen molar-refractivity contribution in [3.8, 4) is 18.1 Å². The number of halogens is 5. The van der Waals surface area contributed by atoms with Gasteiger partial charge in [0, 0.05) is 6.20 Å². The summed E-state index contributed by atoms with van der Waals surface area (Å²) in [4.78, 5) is 3.67. The highest BCUT2D eigenvalue weighted by Crippen LogP contribution is 2.29. The first-order valence-electron chi connectivity index (χ1n) is 6.69. The number of terminal acetylenes is 1. The van der Waals surface area contributed by atoms with Gasteiger partial charge in [-0.15, -0.1) is 6.42 Å². The minimum atomic E-state index is -4.41. The summed E-state index contributed by atoms with van der Waals surface area (Å²) in [6.07, 6.45) is 3.06. The molecule has 1 aromatic heterocycles. The second kappa shape index (κ2) is 8.70. The molecule has 9 heteroatoms. The molecule has 1 N–H and O–H groups in total.